The summed E-state index contributed by atoms with van der Waals surface area (Å²) in [5, 5.41) is 0. The first-order valence-corrected chi connectivity index (χ1v) is 13.5. The predicted molar refractivity (Wildman–Crippen MR) is 127 cm³/mol. The molecule has 0 saturated heterocycles. The summed E-state index contributed by atoms with van der Waals surface area (Å²) in [6.45, 7) is 11.3. The first-order chi connectivity index (χ1) is 14.9. The van der Waals surface area contributed by atoms with E-state index in [1.807, 2.05) is 27.7 Å². The van der Waals surface area contributed by atoms with Gasteiger partial charge in [-0.05, 0) is 106 Å². The Labute approximate surface area is 191 Å². The lowest BCUT2D eigenvalue weighted by atomic mass is 9.48. The zero-order valence-electron chi connectivity index (χ0n) is 21.3. The standard InChI is InChI=1S/C23H39F2NO.2C2H6/c1-22-11-8-18-17-6-5-16(21(24)25)14-15(17)4-7-19(18)20(22)9-12-23(22,26)10-3-13-27-2;2*1-2/h15-21H,3-14,26H2,1-2H3;2*1-2H3. The number of ether oxygens (including phenoxy) is 1. The van der Waals surface area contributed by atoms with Crippen molar-refractivity contribution in [1.82, 2.24) is 0 Å². The van der Waals surface area contributed by atoms with Crippen LogP contribution in [0.15, 0.2) is 0 Å². The van der Waals surface area contributed by atoms with Crippen molar-refractivity contribution in [2.75, 3.05) is 13.7 Å². The van der Waals surface area contributed by atoms with Crippen LogP contribution in [-0.4, -0.2) is 25.7 Å². The fourth-order valence-electron chi connectivity index (χ4n) is 8.23. The molecule has 0 spiro atoms. The summed E-state index contributed by atoms with van der Waals surface area (Å²) in [5.41, 5.74) is 7.28. The lowest BCUT2D eigenvalue weighted by Crippen LogP contribution is -2.57. The SMILES string of the molecule is CC.CC.COCCCC1(N)CCC2C3CCC4CC(C(F)F)CCC4C3CCC21C. The summed E-state index contributed by atoms with van der Waals surface area (Å²) in [6, 6.07) is 0. The van der Waals surface area contributed by atoms with E-state index in [-0.39, 0.29) is 16.9 Å². The lowest BCUT2D eigenvalue weighted by Gasteiger charge is -2.58. The summed E-state index contributed by atoms with van der Waals surface area (Å²) in [5.74, 6) is 3.26. The Morgan fingerprint density at radius 2 is 1.58 bits per heavy atom. The van der Waals surface area contributed by atoms with Gasteiger partial charge in [0.25, 0.3) is 0 Å². The van der Waals surface area contributed by atoms with E-state index in [9.17, 15) is 8.78 Å². The molecular formula is C27H51F2NO. The second-order valence-corrected chi connectivity index (χ2v) is 10.6. The average molecular weight is 444 g/mol. The fraction of sp³-hybridized carbons (Fsp3) is 1.00. The molecule has 0 aliphatic heterocycles. The normalized spacial score (nSPS) is 43.5. The van der Waals surface area contributed by atoms with Gasteiger partial charge >= 0.3 is 0 Å². The van der Waals surface area contributed by atoms with Crippen LogP contribution in [0.1, 0.15) is 105 Å². The van der Waals surface area contributed by atoms with Gasteiger partial charge in [-0.25, -0.2) is 8.78 Å². The van der Waals surface area contributed by atoms with E-state index >= 15 is 0 Å². The lowest BCUT2D eigenvalue weighted by molar-refractivity contribution is -0.0848. The van der Waals surface area contributed by atoms with Crippen molar-refractivity contribution >= 4 is 0 Å². The van der Waals surface area contributed by atoms with Crippen molar-refractivity contribution in [3.8, 4) is 0 Å². The van der Waals surface area contributed by atoms with Gasteiger partial charge in [0.05, 0.1) is 0 Å². The van der Waals surface area contributed by atoms with Crippen molar-refractivity contribution in [3.63, 3.8) is 0 Å². The van der Waals surface area contributed by atoms with Crippen molar-refractivity contribution in [1.29, 1.82) is 0 Å². The highest BCUT2D eigenvalue weighted by Crippen LogP contribution is 2.65. The largest absolute Gasteiger partial charge is 0.385 e. The molecule has 4 heteroatoms. The molecule has 0 aromatic rings. The van der Waals surface area contributed by atoms with Gasteiger partial charge in [-0.2, -0.15) is 0 Å². The number of alkyl halides is 2. The van der Waals surface area contributed by atoms with Crippen molar-refractivity contribution < 1.29 is 13.5 Å². The van der Waals surface area contributed by atoms with Crippen LogP contribution in [0.4, 0.5) is 8.78 Å². The monoisotopic (exact) mass is 443 g/mol. The quantitative estimate of drug-likeness (QED) is 0.442. The summed E-state index contributed by atoms with van der Waals surface area (Å²) >= 11 is 0. The number of fused-ring (bicyclic) bond motifs is 5. The van der Waals surface area contributed by atoms with Crippen LogP contribution in [0, 0.1) is 40.9 Å². The first kappa shape index (κ1) is 27.0. The minimum absolute atomic E-state index is 0.0364. The molecular weight excluding hydrogens is 392 g/mol. The minimum Gasteiger partial charge on any atom is -0.385 e. The third-order valence-electron chi connectivity index (χ3n) is 9.75. The van der Waals surface area contributed by atoms with Crippen LogP contribution in [0.3, 0.4) is 0 Å². The minimum atomic E-state index is -2.11. The maximum atomic E-state index is 13.2. The second-order valence-electron chi connectivity index (χ2n) is 10.6. The highest BCUT2D eigenvalue weighted by atomic mass is 19.3. The number of hydrogen-bond donors (Lipinski definition) is 1. The maximum Gasteiger partial charge on any atom is 0.241 e. The zero-order chi connectivity index (χ0) is 23.2. The van der Waals surface area contributed by atoms with Gasteiger partial charge in [0.15, 0.2) is 0 Å². The Hall–Kier alpha value is -0.220. The zero-order valence-corrected chi connectivity index (χ0v) is 21.3. The Morgan fingerprint density at radius 3 is 2.23 bits per heavy atom. The maximum absolute atomic E-state index is 13.2. The second kappa shape index (κ2) is 11.8. The molecule has 0 radical (unpaired) electrons. The number of rotatable bonds is 5. The first-order valence-electron chi connectivity index (χ1n) is 13.5. The van der Waals surface area contributed by atoms with Crippen molar-refractivity contribution in [2.24, 2.45) is 46.7 Å². The highest BCUT2D eigenvalue weighted by Gasteiger charge is 2.61. The molecule has 2 nitrogen and oxygen atoms in total. The number of hydrogen-bond acceptors (Lipinski definition) is 2. The Morgan fingerprint density at radius 1 is 0.903 bits per heavy atom. The van der Waals surface area contributed by atoms with E-state index < -0.39 is 6.43 Å². The van der Waals surface area contributed by atoms with E-state index in [0.717, 1.165) is 62.9 Å². The van der Waals surface area contributed by atoms with Gasteiger partial charge < -0.3 is 10.5 Å². The van der Waals surface area contributed by atoms with E-state index in [1.54, 1.807) is 7.11 Å². The average Bonchev–Trinajstić information content (AvgIpc) is 3.07. The van der Waals surface area contributed by atoms with Gasteiger partial charge in [-0.1, -0.05) is 34.6 Å². The molecule has 0 aromatic carbocycles. The highest BCUT2D eigenvalue weighted by molar-refractivity contribution is 5.14. The molecule has 4 aliphatic rings. The van der Waals surface area contributed by atoms with E-state index in [1.165, 1.54) is 32.1 Å². The molecule has 4 rings (SSSR count). The van der Waals surface area contributed by atoms with Crippen LogP contribution >= 0.6 is 0 Å². The molecule has 0 aromatic heterocycles. The number of halogens is 2. The Balaban J connectivity index is 0.000000807. The number of nitrogens with two attached hydrogens (primary N) is 1. The summed E-state index contributed by atoms with van der Waals surface area (Å²) in [7, 11) is 1.77. The van der Waals surface area contributed by atoms with Crippen LogP contribution in [0.5, 0.6) is 0 Å². The Bertz CT molecular complexity index is 529. The third-order valence-corrected chi connectivity index (χ3v) is 9.75. The third kappa shape index (κ3) is 5.15. The van der Waals surface area contributed by atoms with Gasteiger partial charge in [-0.3, -0.25) is 0 Å². The van der Waals surface area contributed by atoms with Crippen LogP contribution in [0.25, 0.3) is 0 Å². The Kier molecular flexibility index (Phi) is 10.3. The smallest absolute Gasteiger partial charge is 0.241 e. The summed E-state index contributed by atoms with van der Waals surface area (Å²) in [4.78, 5) is 0. The van der Waals surface area contributed by atoms with Crippen LogP contribution < -0.4 is 5.73 Å². The molecule has 8 unspecified atom stereocenters. The predicted octanol–water partition coefficient (Wildman–Crippen LogP) is 7.70. The molecule has 184 valence electrons. The van der Waals surface area contributed by atoms with E-state index in [4.69, 9.17) is 10.5 Å². The van der Waals surface area contributed by atoms with Gasteiger partial charge in [0, 0.05) is 25.2 Å². The van der Waals surface area contributed by atoms with Crippen molar-refractivity contribution in [3.05, 3.63) is 0 Å². The molecule has 31 heavy (non-hydrogen) atoms. The molecule has 2 N–H and O–H groups in total. The van der Waals surface area contributed by atoms with Crippen molar-refractivity contribution in [2.45, 2.75) is 117 Å². The van der Waals surface area contributed by atoms with Gasteiger partial charge in [-0.15, -0.1) is 0 Å². The molecule has 0 heterocycles. The molecule has 4 fully saturated rings. The molecule has 4 aliphatic carbocycles. The molecule has 0 bridgehead atoms. The van der Waals surface area contributed by atoms with Gasteiger partial charge in [0.1, 0.15) is 0 Å². The van der Waals surface area contributed by atoms with E-state index in [0.29, 0.717) is 11.8 Å². The fourth-order valence-corrected chi connectivity index (χ4v) is 8.23. The number of methoxy groups -OCH3 is 1. The summed E-state index contributed by atoms with van der Waals surface area (Å²) in [6.07, 6.45) is 10.00. The van der Waals surface area contributed by atoms with Crippen LogP contribution in [-0.2, 0) is 4.74 Å². The topological polar surface area (TPSA) is 35.2 Å². The molecule has 4 saturated carbocycles. The molecule has 0 amide bonds. The van der Waals surface area contributed by atoms with Crippen LogP contribution in [0.2, 0.25) is 0 Å². The molecule has 8 atom stereocenters. The van der Waals surface area contributed by atoms with E-state index in [2.05, 4.69) is 6.92 Å². The summed E-state index contributed by atoms with van der Waals surface area (Å²) < 4.78 is 31.7. The van der Waals surface area contributed by atoms with Gasteiger partial charge in [0.2, 0.25) is 6.43 Å².